The first-order valence-electron chi connectivity index (χ1n) is 6.85. The molecule has 0 spiro atoms. The van der Waals surface area contributed by atoms with E-state index < -0.39 is 5.97 Å². The third-order valence-corrected chi connectivity index (χ3v) is 3.51. The summed E-state index contributed by atoms with van der Waals surface area (Å²) in [6.45, 7) is 1.98. The van der Waals surface area contributed by atoms with Crippen molar-refractivity contribution in [2.24, 2.45) is 0 Å². The second kappa shape index (κ2) is 5.40. The Kier molecular flexibility index (Phi) is 3.44. The van der Waals surface area contributed by atoms with Gasteiger partial charge in [0.2, 0.25) is 0 Å². The van der Waals surface area contributed by atoms with Gasteiger partial charge in [-0.1, -0.05) is 42.0 Å². The molecule has 0 fully saturated rings. The summed E-state index contributed by atoms with van der Waals surface area (Å²) in [5.74, 6) is -0.0780. The molecule has 1 heterocycles. The monoisotopic (exact) mass is 280 g/mol. The van der Waals surface area contributed by atoms with Gasteiger partial charge in [-0.2, -0.15) is 0 Å². The van der Waals surface area contributed by atoms with Crippen LogP contribution in [-0.2, 0) is 17.8 Å². The van der Waals surface area contributed by atoms with E-state index >= 15 is 0 Å². The number of carboxylic acid groups (broad SMARTS) is 1. The van der Waals surface area contributed by atoms with Gasteiger partial charge < -0.3 is 9.67 Å². The molecular weight excluding hydrogens is 264 g/mol. The van der Waals surface area contributed by atoms with E-state index in [9.17, 15) is 4.79 Å². The Labute approximate surface area is 122 Å². The van der Waals surface area contributed by atoms with Crippen LogP contribution in [0.2, 0.25) is 0 Å². The van der Waals surface area contributed by atoms with E-state index in [2.05, 4.69) is 29.2 Å². The number of hydrogen-bond acceptors (Lipinski definition) is 2. The normalized spacial score (nSPS) is 10.9. The Hall–Kier alpha value is -2.62. The van der Waals surface area contributed by atoms with Crippen molar-refractivity contribution in [1.82, 2.24) is 9.55 Å². The predicted octanol–water partition coefficient (Wildman–Crippen LogP) is 3.02. The third-order valence-electron chi connectivity index (χ3n) is 3.51. The van der Waals surface area contributed by atoms with Gasteiger partial charge in [-0.05, 0) is 24.6 Å². The van der Waals surface area contributed by atoms with Crippen molar-refractivity contribution in [2.75, 3.05) is 0 Å². The largest absolute Gasteiger partial charge is 0.480 e. The summed E-state index contributed by atoms with van der Waals surface area (Å²) in [5.41, 5.74) is 4.03. The molecule has 3 rings (SSSR count). The highest BCUT2D eigenvalue weighted by Gasteiger charge is 2.13. The summed E-state index contributed by atoms with van der Waals surface area (Å²) >= 11 is 0. The molecular formula is C17H16N2O2. The first-order chi connectivity index (χ1) is 10.1. The minimum Gasteiger partial charge on any atom is -0.480 e. The highest BCUT2D eigenvalue weighted by molar-refractivity contribution is 5.78. The first kappa shape index (κ1) is 13.4. The second-order valence-electron chi connectivity index (χ2n) is 5.16. The van der Waals surface area contributed by atoms with Gasteiger partial charge in [-0.3, -0.25) is 4.79 Å². The molecule has 0 unspecified atom stereocenters. The zero-order chi connectivity index (χ0) is 14.8. The number of aromatic nitrogens is 2. The van der Waals surface area contributed by atoms with Gasteiger partial charge in [-0.15, -0.1) is 0 Å². The fourth-order valence-corrected chi connectivity index (χ4v) is 2.46. The van der Waals surface area contributed by atoms with Crippen molar-refractivity contribution in [3.8, 4) is 0 Å². The number of fused-ring (bicyclic) bond motifs is 1. The molecule has 0 radical (unpaired) electrons. The van der Waals surface area contributed by atoms with Gasteiger partial charge in [-0.25, -0.2) is 4.98 Å². The lowest BCUT2D eigenvalue weighted by molar-refractivity contribution is -0.137. The number of aliphatic carboxylic acids is 1. The Morgan fingerprint density at radius 2 is 1.86 bits per heavy atom. The van der Waals surface area contributed by atoms with Crippen LogP contribution in [0.25, 0.3) is 11.0 Å². The van der Waals surface area contributed by atoms with Crippen molar-refractivity contribution in [2.45, 2.75) is 19.9 Å². The van der Waals surface area contributed by atoms with Crippen LogP contribution in [0.5, 0.6) is 0 Å². The van der Waals surface area contributed by atoms with E-state index in [0.717, 1.165) is 22.4 Å². The van der Waals surface area contributed by atoms with Gasteiger partial charge in [0.25, 0.3) is 0 Å². The van der Waals surface area contributed by atoms with Crippen LogP contribution in [-0.4, -0.2) is 20.6 Å². The maximum Gasteiger partial charge on any atom is 0.323 e. The molecule has 1 N–H and O–H groups in total. The average molecular weight is 280 g/mol. The highest BCUT2D eigenvalue weighted by atomic mass is 16.4. The minimum absolute atomic E-state index is 0.0677. The summed E-state index contributed by atoms with van der Waals surface area (Å²) in [4.78, 5) is 15.7. The minimum atomic E-state index is -0.858. The number of carbonyl (C=O) groups is 1. The standard InChI is InChI=1S/C17H16N2O2/c1-12-6-8-13(9-7-12)10-16-18-14-4-2-3-5-15(14)19(16)11-17(20)21/h2-9H,10-11H2,1H3,(H,20,21). The highest BCUT2D eigenvalue weighted by Crippen LogP contribution is 2.18. The number of hydrogen-bond donors (Lipinski definition) is 1. The molecule has 0 saturated heterocycles. The molecule has 1 aromatic heterocycles. The fourth-order valence-electron chi connectivity index (χ4n) is 2.46. The number of aryl methyl sites for hydroxylation is 1. The van der Waals surface area contributed by atoms with Gasteiger partial charge >= 0.3 is 5.97 Å². The fraction of sp³-hybridized carbons (Fsp3) is 0.176. The second-order valence-corrected chi connectivity index (χ2v) is 5.16. The number of rotatable bonds is 4. The molecule has 0 aliphatic rings. The quantitative estimate of drug-likeness (QED) is 0.799. The van der Waals surface area contributed by atoms with Crippen LogP contribution in [0, 0.1) is 6.92 Å². The number of carboxylic acids is 1. The number of para-hydroxylation sites is 2. The lowest BCUT2D eigenvalue weighted by Gasteiger charge is -2.06. The summed E-state index contributed by atoms with van der Waals surface area (Å²) in [5, 5.41) is 9.12. The molecule has 106 valence electrons. The summed E-state index contributed by atoms with van der Waals surface area (Å²) < 4.78 is 1.78. The molecule has 0 aliphatic carbocycles. The number of imidazole rings is 1. The maximum absolute atomic E-state index is 11.1. The SMILES string of the molecule is Cc1ccc(Cc2nc3ccccc3n2CC(=O)O)cc1. The van der Waals surface area contributed by atoms with Gasteiger partial charge in [0, 0.05) is 6.42 Å². The van der Waals surface area contributed by atoms with Crippen molar-refractivity contribution < 1.29 is 9.90 Å². The van der Waals surface area contributed by atoms with E-state index in [0.29, 0.717) is 6.42 Å². The van der Waals surface area contributed by atoms with Crippen molar-refractivity contribution in [3.05, 3.63) is 65.5 Å². The molecule has 21 heavy (non-hydrogen) atoms. The van der Waals surface area contributed by atoms with Crippen LogP contribution in [0.1, 0.15) is 17.0 Å². The predicted molar refractivity (Wildman–Crippen MR) is 81.4 cm³/mol. The molecule has 4 nitrogen and oxygen atoms in total. The van der Waals surface area contributed by atoms with Gasteiger partial charge in [0.05, 0.1) is 11.0 Å². The zero-order valence-electron chi connectivity index (χ0n) is 11.8. The van der Waals surface area contributed by atoms with Crippen LogP contribution in [0.3, 0.4) is 0 Å². The van der Waals surface area contributed by atoms with E-state index in [1.54, 1.807) is 4.57 Å². The lowest BCUT2D eigenvalue weighted by atomic mass is 10.1. The van der Waals surface area contributed by atoms with Crippen molar-refractivity contribution in [3.63, 3.8) is 0 Å². The average Bonchev–Trinajstić information content (AvgIpc) is 2.79. The third kappa shape index (κ3) is 2.79. The zero-order valence-corrected chi connectivity index (χ0v) is 11.8. The Balaban J connectivity index is 2.04. The van der Waals surface area contributed by atoms with Crippen LogP contribution < -0.4 is 0 Å². The number of benzene rings is 2. The first-order valence-corrected chi connectivity index (χ1v) is 6.85. The van der Waals surface area contributed by atoms with E-state index in [1.807, 2.05) is 31.2 Å². The van der Waals surface area contributed by atoms with E-state index in [1.165, 1.54) is 5.56 Å². The van der Waals surface area contributed by atoms with Crippen LogP contribution in [0.15, 0.2) is 48.5 Å². The Morgan fingerprint density at radius 3 is 2.57 bits per heavy atom. The van der Waals surface area contributed by atoms with Crippen LogP contribution >= 0.6 is 0 Å². The smallest absolute Gasteiger partial charge is 0.323 e. The molecule has 3 aromatic rings. The summed E-state index contributed by atoms with van der Waals surface area (Å²) in [6.07, 6.45) is 0.627. The molecule has 0 aliphatic heterocycles. The van der Waals surface area contributed by atoms with Gasteiger partial charge in [0.1, 0.15) is 12.4 Å². The number of nitrogens with zero attached hydrogens (tertiary/aromatic N) is 2. The molecule has 0 amide bonds. The van der Waals surface area contributed by atoms with Crippen LogP contribution in [0.4, 0.5) is 0 Å². The molecule has 0 atom stereocenters. The molecule has 2 aromatic carbocycles. The van der Waals surface area contributed by atoms with Crippen molar-refractivity contribution >= 4 is 17.0 Å². The van der Waals surface area contributed by atoms with E-state index in [4.69, 9.17) is 5.11 Å². The topological polar surface area (TPSA) is 55.1 Å². The molecule has 0 bridgehead atoms. The van der Waals surface area contributed by atoms with E-state index in [-0.39, 0.29) is 6.54 Å². The van der Waals surface area contributed by atoms with Crippen molar-refractivity contribution in [1.29, 1.82) is 0 Å². The molecule has 0 saturated carbocycles. The Bertz CT molecular complexity index is 788. The van der Waals surface area contributed by atoms with Gasteiger partial charge in [0.15, 0.2) is 0 Å². The maximum atomic E-state index is 11.1. The Morgan fingerprint density at radius 1 is 1.14 bits per heavy atom. The summed E-state index contributed by atoms with van der Waals surface area (Å²) in [6, 6.07) is 15.9. The lowest BCUT2D eigenvalue weighted by Crippen LogP contribution is -2.12. The summed E-state index contributed by atoms with van der Waals surface area (Å²) in [7, 11) is 0. The molecule has 4 heteroatoms.